The zero-order chi connectivity index (χ0) is 15.0. The first-order chi connectivity index (χ1) is 9.94. The van der Waals surface area contributed by atoms with Crippen molar-refractivity contribution in [1.29, 1.82) is 0 Å². The van der Waals surface area contributed by atoms with Gasteiger partial charge in [0.1, 0.15) is 5.65 Å². The summed E-state index contributed by atoms with van der Waals surface area (Å²) in [7, 11) is 0. The lowest BCUT2D eigenvalue weighted by Gasteiger charge is -2.24. The SMILES string of the molecule is Cc1ccc2nc(C3CCCCC3)c(CC(C)(C)C)n2c1. The first-order valence-electron chi connectivity index (χ1n) is 8.41. The first-order valence-corrected chi connectivity index (χ1v) is 8.41. The van der Waals surface area contributed by atoms with E-state index in [-0.39, 0.29) is 0 Å². The molecule has 0 radical (unpaired) electrons. The van der Waals surface area contributed by atoms with Crippen LogP contribution in [-0.4, -0.2) is 9.38 Å². The average molecular weight is 284 g/mol. The molecule has 0 spiro atoms. The number of aromatic nitrogens is 2. The molecule has 0 saturated heterocycles. The van der Waals surface area contributed by atoms with Gasteiger partial charge in [0, 0.05) is 17.8 Å². The molecule has 0 bridgehead atoms. The van der Waals surface area contributed by atoms with Crippen molar-refractivity contribution in [3.05, 3.63) is 35.3 Å². The van der Waals surface area contributed by atoms with Gasteiger partial charge in [-0.15, -0.1) is 0 Å². The van der Waals surface area contributed by atoms with Crippen molar-refractivity contribution in [1.82, 2.24) is 9.38 Å². The molecule has 2 heterocycles. The highest BCUT2D eigenvalue weighted by molar-refractivity contribution is 5.45. The van der Waals surface area contributed by atoms with E-state index in [1.807, 2.05) is 0 Å². The standard InChI is InChI=1S/C19H28N2/c1-14-10-11-17-20-18(15-8-6-5-7-9-15)16(21(17)13-14)12-19(2,3)4/h10-11,13,15H,5-9,12H2,1-4H3. The zero-order valence-corrected chi connectivity index (χ0v) is 13.9. The molecule has 1 aliphatic carbocycles. The van der Waals surface area contributed by atoms with Gasteiger partial charge in [0.2, 0.25) is 0 Å². The summed E-state index contributed by atoms with van der Waals surface area (Å²) in [4.78, 5) is 5.02. The molecule has 0 aliphatic heterocycles. The van der Waals surface area contributed by atoms with Crippen molar-refractivity contribution < 1.29 is 0 Å². The molecule has 2 heteroatoms. The van der Waals surface area contributed by atoms with Crippen LogP contribution in [-0.2, 0) is 6.42 Å². The molecule has 0 unspecified atom stereocenters. The fraction of sp³-hybridized carbons (Fsp3) is 0.632. The lowest BCUT2D eigenvalue weighted by atomic mass is 9.83. The van der Waals surface area contributed by atoms with Gasteiger partial charge in [0.25, 0.3) is 0 Å². The third-order valence-electron chi connectivity index (χ3n) is 4.59. The molecule has 0 aromatic carbocycles. The number of hydrogen-bond donors (Lipinski definition) is 0. The Bertz CT molecular complexity index is 625. The van der Waals surface area contributed by atoms with Crippen LogP contribution >= 0.6 is 0 Å². The van der Waals surface area contributed by atoms with Crippen molar-refractivity contribution in [2.75, 3.05) is 0 Å². The van der Waals surface area contributed by atoms with Crippen LogP contribution in [0.3, 0.4) is 0 Å². The molecule has 1 aliphatic rings. The Labute approximate surface area is 128 Å². The van der Waals surface area contributed by atoms with E-state index >= 15 is 0 Å². The molecule has 3 rings (SSSR count). The van der Waals surface area contributed by atoms with Gasteiger partial charge in [-0.1, -0.05) is 46.1 Å². The van der Waals surface area contributed by atoms with E-state index in [4.69, 9.17) is 4.98 Å². The maximum atomic E-state index is 5.02. The molecule has 1 fully saturated rings. The van der Waals surface area contributed by atoms with E-state index in [1.165, 1.54) is 49.1 Å². The van der Waals surface area contributed by atoms with Crippen LogP contribution in [0.4, 0.5) is 0 Å². The Hall–Kier alpha value is -1.31. The number of aryl methyl sites for hydroxylation is 1. The summed E-state index contributed by atoms with van der Waals surface area (Å²) in [5.41, 5.74) is 5.57. The minimum absolute atomic E-state index is 0.295. The maximum Gasteiger partial charge on any atom is 0.137 e. The molecular weight excluding hydrogens is 256 g/mol. The number of fused-ring (bicyclic) bond motifs is 1. The number of nitrogens with zero attached hydrogens (tertiary/aromatic N) is 2. The lowest BCUT2D eigenvalue weighted by Crippen LogP contribution is -2.15. The van der Waals surface area contributed by atoms with E-state index in [0.717, 1.165) is 12.1 Å². The fourth-order valence-electron chi connectivity index (χ4n) is 3.60. The molecule has 2 nitrogen and oxygen atoms in total. The van der Waals surface area contributed by atoms with Crippen molar-refractivity contribution in [2.24, 2.45) is 5.41 Å². The van der Waals surface area contributed by atoms with Gasteiger partial charge in [-0.25, -0.2) is 4.98 Å². The molecule has 1 saturated carbocycles. The van der Waals surface area contributed by atoms with Crippen LogP contribution in [0.25, 0.3) is 5.65 Å². The summed E-state index contributed by atoms with van der Waals surface area (Å²) in [6, 6.07) is 4.35. The highest BCUT2D eigenvalue weighted by Gasteiger charge is 2.25. The Balaban J connectivity index is 2.10. The van der Waals surface area contributed by atoms with E-state index in [2.05, 4.69) is 50.4 Å². The Morgan fingerprint density at radius 1 is 1.14 bits per heavy atom. The highest BCUT2D eigenvalue weighted by atomic mass is 15.0. The Kier molecular flexibility index (Phi) is 3.81. The molecule has 114 valence electrons. The van der Waals surface area contributed by atoms with Gasteiger partial charge in [-0.05, 0) is 43.2 Å². The molecular formula is C19H28N2. The third-order valence-corrected chi connectivity index (χ3v) is 4.59. The average Bonchev–Trinajstić information content (AvgIpc) is 2.76. The molecule has 2 aromatic heterocycles. The smallest absolute Gasteiger partial charge is 0.137 e. The second-order valence-electron chi connectivity index (χ2n) is 7.95. The summed E-state index contributed by atoms with van der Waals surface area (Å²) in [5.74, 6) is 0.677. The van der Waals surface area contributed by atoms with Crippen LogP contribution in [0.15, 0.2) is 18.3 Å². The van der Waals surface area contributed by atoms with Gasteiger partial charge < -0.3 is 4.40 Å². The molecule has 2 aromatic rings. The van der Waals surface area contributed by atoms with Crippen LogP contribution in [0.5, 0.6) is 0 Å². The summed E-state index contributed by atoms with van der Waals surface area (Å²) < 4.78 is 2.35. The molecule has 21 heavy (non-hydrogen) atoms. The maximum absolute atomic E-state index is 5.02. The second-order valence-corrected chi connectivity index (χ2v) is 7.95. The van der Waals surface area contributed by atoms with E-state index in [9.17, 15) is 0 Å². The Morgan fingerprint density at radius 3 is 2.52 bits per heavy atom. The number of pyridine rings is 1. The normalized spacial score (nSPS) is 17.5. The predicted octanol–water partition coefficient (Wildman–Crippen LogP) is 5.28. The van der Waals surface area contributed by atoms with E-state index in [1.54, 1.807) is 0 Å². The minimum atomic E-state index is 0.295. The van der Waals surface area contributed by atoms with E-state index in [0.29, 0.717) is 11.3 Å². The molecule has 0 amide bonds. The third kappa shape index (κ3) is 3.14. The first kappa shape index (κ1) is 14.6. The largest absolute Gasteiger partial charge is 0.304 e. The van der Waals surface area contributed by atoms with Gasteiger partial charge in [-0.3, -0.25) is 0 Å². The number of hydrogen-bond acceptors (Lipinski definition) is 1. The van der Waals surface area contributed by atoms with Gasteiger partial charge in [0.05, 0.1) is 5.69 Å². The van der Waals surface area contributed by atoms with Gasteiger partial charge >= 0.3 is 0 Å². The zero-order valence-electron chi connectivity index (χ0n) is 13.9. The molecule has 0 N–H and O–H groups in total. The monoisotopic (exact) mass is 284 g/mol. The predicted molar refractivity (Wildman–Crippen MR) is 88.9 cm³/mol. The minimum Gasteiger partial charge on any atom is -0.304 e. The molecule has 0 atom stereocenters. The number of rotatable bonds is 2. The van der Waals surface area contributed by atoms with Crippen molar-refractivity contribution >= 4 is 5.65 Å². The van der Waals surface area contributed by atoms with Crippen molar-refractivity contribution in [3.8, 4) is 0 Å². The van der Waals surface area contributed by atoms with Crippen LogP contribution in [0.1, 0.15) is 75.7 Å². The second kappa shape index (κ2) is 5.47. The summed E-state index contributed by atoms with van der Waals surface area (Å²) in [5, 5.41) is 0. The van der Waals surface area contributed by atoms with Crippen LogP contribution in [0.2, 0.25) is 0 Å². The lowest BCUT2D eigenvalue weighted by molar-refractivity contribution is 0.393. The number of imidazole rings is 1. The van der Waals surface area contributed by atoms with Gasteiger partial charge in [0.15, 0.2) is 0 Å². The Morgan fingerprint density at radius 2 is 1.86 bits per heavy atom. The quantitative estimate of drug-likeness (QED) is 0.733. The topological polar surface area (TPSA) is 17.3 Å². The van der Waals surface area contributed by atoms with Crippen LogP contribution < -0.4 is 0 Å². The summed E-state index contributed by atoms with van der Waals surface area (Å²) in [6.45, 7) is 9.15. The van der Waals surface area contributed by atoms with Crippen molar-refractivity contribution in [3.63, 3.8) is 0 Å². The fourth-order valence-corrected chi connectivity index (χ4v) is 3.60. The van der Waals surface area contributed by atoms with E-state index < -0.39 is 0 Å². The summed E-state index contributed by atoms with van der Waals surface area (Å²) in [6.07, 6.45) is 10.1. The highest BCUT2D eigenvalue weighted by Crippen LogP contribution is 2.36. The van der Waals surface area contributed by atoms with Crippen LogP contribution in [0, 0.1) is 12.3 Å². The van der Waals surface area contributed by atoms with Gasteiger partial charge in [-0.2, -0.15) is 0 Å². The summed E-state index contributed by atoms with van der Waals surface area (Å²) >= 11 is 0. The van der Waals surface area contributed by atoms with Crippen molar-refractivity contribution in [2.45, 2.75) is 72.1 Å².